The topological polar surface area (TPSA) is 88.2 Å². The number of nitriles is 1. The molecule has 0 aliphatic rings. The highest BCUT2D eigenvalue weighted by atomic mass is 35.5. The molecule has 1 rings (SSSR count). The lowest BCUT2D eigenvalue weighted by Crippen LogP contribution is -2.38. The van der Waals surface area contributed by atoms with Gasteiger partial charge in [0.25, 0.3) is 0 Å². The highest BCUT2D eigenvalue weighted by Gasteiger charge is 2.20. The molecule has 0 fully saturated rings. The molecule has 0 spiro atoms. The van der Waals surface area contributed by atoms with Crippen molar-refractivity contribution < 1.29 is 9.66 Å². The van der Waals surface area contributed by atoms with Crippen LogP contribution in [0.2, 0.25) is 5.02 Å². The highest BCUT2D eigenvalue weighted by molar-refractivity contribution is 6.32. The number of halogens is 1. The average molecular weight is 284 g/mol. The first-order valence-electron chi connectivity index (χ1n) is 5.67. The Morgan fingerprint density at radius 2 is 2.26 bits per heavy atom. The van der Waals surface area contributed by atoms with Gasteiger partial charge in [-0.2, -0.15) is 5.26 Å². The van der Waals surface area contributed by atoms with Gasteiger partial charge in [0.05, 0.1) is 16.0 Å². The molecule has 19 heavy (non-hydrogen) atoms. The summed E-state index contributed by atoms with van der Waals surface area (Å²) >= 11 is 5.87. The van der Waals surface area contributed by atoms with Crippen LogP contribution in [-0.2, 0) is 0 Å². The van der Waals surface area contributed by atoms with Crippen molar-refractivity contribution in [2.75, 3.05) is 6.61 Å². The molecule has 0 aliphatic heterocycles. The van der Waals surface area contributed by atoms with Crippen molar-refractivity contribution in [3.63, 3.8) is 0 Å². The predicted molar refractivity (Wildman–Crippen MR) is 71.3 cm³/mol. The first-order chi connectivity index (χ1) is 8.95. The summed E-state index contributed by atoms with van der Waals surface area (Å²) in [6.45, 7) is 3.77. The standard InChI is InChI=1S/C12H14ClN3O3/c1-8(2)15-9(6-14)7-19-12-10(13)4-3-5-11(12)16(17)18/h3-5,8-9,15H,7H2,1-2H3. The van der Waals surface area contributed by atoms with E-state index >= 15 is 0 Å². The zero-order chi connectivity index (χ0) is 14.4. The van der Waals surface area contributed by atoms with Gasteiger partial charge in [0.2, 0.25) is 5.75 Å². The number of benzene rings is 1. The Balaban J connectivity index is 2.82. The number of nitro groups is 1. The summed E-state index contributed by atoms with van der Waals surface area (Å²) in [6.07, 6.45) is 0. The van der Waals surface area contributed by atoms with Gasteiger partial charge in [0.1, 0.15) is 12.6 Å². The quantitative estimate of drug-likeness (QED) is 0.640. The second-order valence-electron chi connectivity index (χ2n) is 4.16. The van der Waals surface area contributed by atoms with Gasteiger partial charge in [-0.1, -0.05) is 17.7 Å². The molecule has 1 aromatic rings. The molecular weight excluding hydrogens is 270 g/mol. The minimum Gasteiger partial charge on any atom is -0.483 e. The lowest BCUT2D eigenvalue weighted by atomic mass is 10.2. The van der Waals surface area contributed by atoms with E-state index in [-0.39, 0.29) is 29.1 Å². The first kappa shape index (κ1) is 15.2. The number of para-hydroxylation sites is 1. The van der Waals surface area contributed by atoms with Gasteiger partial charge in [-0.15, -0.1) is 0 Å². The van der Waals surface area contributed by atoms with Crippen LogP contribution in [0.4, 0.5) is 5.69 Å². The second kappa shape index (κ2) is 6.92. The Kier molecular flexibility index (Phi) is 5.55. The Bertz CT molecular complexity index is 499. The van der Waals surface area contributed by atoms with E-state index in [2.05, 4.69) is 5.32 Å². The van der Waals surface area contributed by atoms with Crippen LogP contribution in [0, 0.1) is 21.4 Å². The summed E-state index contributed by atoms with van der Waals surface area (Å²) < 4.78 is 5.32. The molecule has 0 saturated carbocycles. The minimum absolute atomic E-state index is 0.0139. The van der Waals surface area contributed by atoms with Crippen LogP contribution in [0.1, 0.15) is 13.8 Å². The number of hydrogen-bond acceptors (Lipinski definition) is 5. The third kappa shape index (κ3) is 4.39. The average Bonchev–Trinajstić information content (AvgIpc) is 2.34. The summed E-state index contributed by atoms with van der Waals surface area (Å²) in [5.74, 6) is -0.0139. The zero-order valence-corrected chi connectivity index (χ0v) is 11.3. The third-order valence-electron chi connectivity index (χ3n) is 2.23. The molecule has 1 atom stereocenters. The van der Waals surface area contributed by atoms with Gasteiger partial charge in [0, 0.05) is 12.1 Å². The fourth-order valence-electron chi connectivity index (χ4n) is 1.48. The minimum atomic E-state index is -0.571. The van der Waals surface area contributed by atoms with Gasteiger partial charge in [0.15, 0.2) is 0 Å². The van der Waals surface area contributed by atoms with Gasteiger partial charge in [-0.3, -0.25) is 15.4 Å². The van der Waals surface area contributed by atoms with Crippen LogP contribution < -0.4 is 10.1 Å². The lowest BCUT2D eigenvalue weighted by molar-refractivity contribution is -0.385. The summed E-state index contributed by atoms with van der Waals surface area (Å²) in [5, 5.41) is 22.9. The SMILES string of the molecule is CC(C)NC(C#N)COc1c(Cl)cccc1[N+](=O)[O-]. The second-order valence-corrected chi connectivity index (χ2v) is 4.57. The van der Waals surface area contributed by atoms with Crippen molar-refractivity contribution in [1.29, 1.82) is 5.26 Å². The van der Waals surface area contributed by atoms with Crippen LogP contribution in [0.25, 0.3) is 0 Å². The molecule has 0 bridgehead atoms. The van der Waals surface area contributed by atoms with E-state index in [1.54, 1.807) is 0 Å². The van der Waals surface area contributed by atoms with Gasteiger partial charge < -0.3 is 4.74 Å². The number of nitro benzene ring substituents is 1. The fraction of sp³-hybridized carbons (Fsp3) is 0.417. The van der Waals surface area contributed by atoms with Crippen molar-refractivity contribution in [1.82, 2.24) is 5.32 Å². The van der Waals surface area contributed by atoms with E-state index in [0.717, 1.165) is 0 Å². The van der Waals surface area contributed by atoms with E-state index in [1.165, 1.54) is 18.2 Å². The lowest BCUT2D eigenvalue weighted by Gasteiger charge is -2.15. The monoisotopic (exact) mass is 283 g/mol. The Hall–Kier alpha value is -1.84. The number of hydrogen-bond donors (Lipinski definition) is 1. The Labute approximate surface area is 116 Å². The molecule has 102 valence electrons. The molecule has 1 N–H and O–H groups in total. The molecule has 1 unspecified atom stereocenters. The van der Waals surface area contributed by atoms with Crippen LogP contribution in [0.3, 0.4) is 0 Å². The van der Waals surface area contributed by atoms with E-state index in [1.807, 2.05) is 19.9 Å². The van der Waals surface area contributed by atoms with Crippen LogP contribution in [-0.4, -0.2) is 23.6 Å². The summed E-state index contributed by atoms with van der Waals surface area (Å²) in [6, 6.07) is 5.85. The molecule has 7 heteroatoms. The molecule has 0 radical (unpaired) electrons. The van der Waals surface area contributed by atoms with Crippen LogP contribution in [0.15, 0.2) is 18.2 Å². The molecule has 0 saturated heterocycles. The van der Waals surface area contributed by atoms with Crippen molar-refractivity contribution in [3.8, 4) is 11.8 Å². The number of nitrogens with zero attached hydrogens (tertiary/aromatic N) is 2. The predicted octanol–water partition coefficient (Wildman–Crippen LogP) is 2.52. The van der Waals surface area contributed by atoms with Crippen molar-refractivity contribution in [2.24, 2.45) is 0 Å². The van der Waals surface area contributed by atoms with Crippen molar-refractivity contribution >= 4 is 17.3 Å². The third-order valence-corrected chi connectivity index (χ3v) is 2.53. The van der Waals surface area contributed by atoms with Crippen molar-refractivity contribution in [2.45, 2.75) is 25.9 Å². The molecule has 0 aliphatic carbocycles. The Morgan fingerprint density at radius 1 is 1.58 bits per heavy atom. The summed E-state index contributed by atoms with van der Waals surface area (Å²) in [4.78, 5) is 10.3. The largest absolute Gasteiger partial charge is 0.483 e. The zero-order valence-electron chi connectivity index (χ0n) is 10.6. The van der Waals surface area contributed by atoms with E-state index in [0.29, 0.717) is 0 Å². The fourth-order valence-corrected chi connectivity index (χ4v) is 1.70. The van der Waals surface area contributed by atoms with Gasteiger partial charge in [-0.05, 0) is 19.9 Å². The highest BCUT2D eigenvalue weighted by Crippen LogP contribution is 2.34. The molecular formula is C12H14ClN3O3. The maximum absolute atomic E-state index is 10.9. The Morgan fingerprint density at radius 3 is 2.79 bits per heavy atom. The maximum Gasteiger partial charge on any atom is 0.312 e. The van der Waals surface area contributed by atoms with Crippen LogP contribution >= 0.6 is 11.6 Å². The molecule has 0 aromatic heterocycles. The number of nitrogens with one attached hydrogen (secondary N) is 1. The van der Waals surface area contributed by atoms with Crippen molar-refractivity contribution in [3.05, 3.63) is 33.3 Å². The maximum atomic E-state index is 10.9. The smallest absolute Gasteiger partial charge is 0.312 e. The van der Waals surface area contributed by atoms with E-state index in [4.69, 9.17) is 21.6 Å². The summed E-state index contributed by atoms with van der Waals surface area (Å²) in [5.41, 5.74) is -0.214. The van der Waals surface area contributed by atoms with Crippen LogP contribution in [0.5, 0.6) is 5.75 Å². The normalized spacial score (nSPS) is 11.9. The molecule has 0 heterocycles. The van der Waals surface area contributed by atoms with E-state index < -0.39 is 11.0 Å². The molecule has 6 nitrogen and oxygen atoms in total. The summed E-state index contributed by atoms with van der Waals surface area (Å²) in [7, 11) is 0. The molecule has 1 aromatic carbocycles. The van der Waals surface area contributed by atoms with Gasteiger partial charge in [-0.25, -0.2) is 0 Å². The number of ether oxygens (including phenoxy) is 1. The number of rotatable bonds is 6. The van der Waals surface area contributed by atoms with E-state index in [9.17, 15) is 10.1 Å². The molecule has 0 amide bonds. The first-order valence-corrected chi connectivity index (χ1v) is 6.05. The van der Waals surface area contributed by atoms with Gasteiger partial charge >= 0.3 is 5.69 Å².